The molecule has 2 aliphatic rings. The van der Waals surface area contributed by atoms with Gasteiger partial charge in [0.05, 0.1) is 0 Å². The van der Waals surface area contributed by atoms with Crippen LogP contribution in [0.4, 0.5) is 0 Å². The molecule has 0 spiro atoms. The highest BCUT2D eigenvalue weighted by molar-refractivity contribution is 8.43. The van der Waals surface area contributed by atoms with Crippen LogP contribution < -0.4 is 0 Å². The van der Waals surface area contributed by atoms with Crippen molar-refractivity contribution in [1.82, 2.24) is 0 Å². The molecule has 6 aromatic carbocycles. The molecule has 256 valence electrons. The van der Waals surface area contributed by atoms with Gasteiger partial charge in [-0.25, -0.2) is 0 Å². The Morgan fingerprint density at radius 3 is 2.26 bits per heavy atom. The van der Waals surface area contributed by atoms with Crippen LogP contribution in [-0.4, -0.2) is 0 Å². The van der Waals surface area contributed by atoms with Crippen LogP contribution in [0.1, 0.15) is 49.3 Å². The number of allylic oxidation sites excluding steroid dienone is 8. The van der Waals surface area contributed by atoms with Gasteiger partial charge in [0.1, 0.15) is 0 Å². The van der Waals surface area contributed by atoms with Crippen molar-refractivity contribution in [2.75, 3.05) is 0 Å². The Kier molecular flexibility index (Phi) is 9.83. The average Bonchev–Trinajstić information content (AvgIpc) is 3.48. The Morgan fingerprint density at radius 2 is 1.47 bits per heavy atom. The SMILES string of the molecule is C=C(/C=C\C=C/C)S(C#Cc1c2c(c(-c3ccc(-c4cccc5ccccc45)cc3)c3ccccc13)C=C=CC=C2)(C1=CCCCC1)c1ccccc1. The van der Waals surface area contributed by atoms with Gasteiger partial charge in [0, 0.05) is 15.4 Å². The first-order chi connectivity index (χ1) is 26.2. The highest BCUT2D eigenvalue weighted by Gasteiger charge is 2.32. The standard InChI is InChI=1S/C52H42S/c1-3-4-8-20-39(2)53(43-23-9-5-10-24-43,44-25-11-6-12-26-44)38-37-49-47-28-13-7-14-30-50(47)52(51-31-18-17-29-48(49)51)42-35-33-41(34-36-42)46-32-19-22-40-21-15-16-27-45(40)46/h3-5,7-10,13,15-25,27-36H,2,6,11-12,26H2,1H3/b4-3-,20-8-. The van der Waals surface area contributed by atoms with Crippen molar-refractivity contribution in [1.29, 1.82) is 0 Å². The monoisotopic (exact) mass is 698 g/mol. The molecule has 0 heterocycles. The normalized spacial score (nSPS) is 15.5. The molecular formula is C52H42S. The van der Waals surface area contributed by atoms with Crippen molar-refractivity contribution in [2.45, 2.75) is 37.5 Å². The number of hydrogen-bond acceptors (Lipinski definition) is 0. The highest BCUT2D eigenvalue weighted by Crippen LogP contribution is 2.69. The summed E-state index contributed by atoms with van der Waals surface area (Å²) in [5, 5.41) is 8.89. The quantitative estimate of drug-likeness (QED) is 0.0884. The van der Waals surface area contributed by atoms with Gasteiger partial charge < -0.3 is 0 Å². The summed E-state index contributed by atoms with van der Waals surface area (Å²) in [5.74, 6) is 3.90. The van der Waals surface area contributed by atoms with Crippen LogP contribution in [0, 0.1) is 11.2 Å². The van der Waals surface area contributed by atoms with E-state index in [-0.39, 0.29) is 0 Å². The molecule has 0 aromatic heterocycles. The molecule has 1 heteroatoms. The van der Waals surface area contributed by atoms with Crippen molar-refractivity contribution in [3.05, 3.63) is 203 Å². The fraction of sp³-hybridized carbons (Fsp3) is 0.0962. The van der Waals surface area contributed by atoms with Gasteiger partial charge in [0.15, 0.2) is 0 Å². The summed E-state index contributed by atoms with van der Waals surface area (Å²) in [6.07, 6.45) is 23.8. The van der Waals surface area contributed by atoms with E-state index in [1.807, 2.05) is 13.0 Å². The number of hydrogen-bond donors (Lipinski definition) is 0. The summed E-state index contributed by atoms with van der Waals surface area (Å²) in [4.78, 5) is 3.73. The van der Waals surface area contributed by atoms with Crippen LogP contribution in [-0.2, 0) is 0 Å². The Labute approximate surface area is 315 Å². The van der Waals surface area contributed by atoms with E-state index in [1.165, 1.54) is 61.1 Å². The van der Waals surface area contributed by atoms with Gasteiger partial charge in [-0.15, -0.1) is 5.73 Å². The van der Waals surface area contributed by atoms with E-state index in [4.69, 9.17) is 6.58 Å². The first kappa shape index (κ1) is 34.1. The molecule has 0 N–H and O–H groups in total. The second-order valence-corrected chi connectivity index (χ2v) is 16.4. The van der Waals surface area contributed by atoms with E-state index in [0.29, 0.717) is 0 Å². The number of benzene rings is 6. The molecule has 0 bridgehead atoms. The molecule has 0 nitrogen and oxygen atoms in total. The van der Waals surface area contributed by atoms with Crippen molar-refractivity contribution in [2.24, 2.45) is 0 Å². The van der Waals surface area contributed by atoms with E-state index >= 15 is 0 Å². The van der Waals surface area contributed by atoms with Gasteiger partial charge in [-0.1, -0.05) is 168 Å². The summed E-state index contributed by atoms with van der Waals surface area (Å²) >= 11 is 0. The van der Waals surface area contributed by atoms with Crippen molar-refractivity contribution < 1.29 is 0 Å². The fourth-order valence-electron chi connectivity index (χ4n) is 7.75. The van der Waals surface area contributed by atoms with Crippen LogP contribution in [0.2, 0.25) is 0 Å². The lowest BCUT2D eigenvalue weighted by atomic mass is 9.85. The summed E-state index contributed by atoms with van der Waals surface area (Å²) < 4.78 is 0. The lowest BCUT2D eigenvalue weighted by Crippen LogP contribution is -2.07. The van der Waals surface area contributed by atoms with E-state index in [9.17, 15) is 0 Å². The molecule has 0 amide bonds. The van der Waals surface area contributed by atoms with Crippen LogP contribution in [0.3, 0.4) is 0 Å². The summed E-state index contributed by atoms with van der Waals surface area (Å²) in [6.45, 7) is 6.81. The summed E-state index contributed by atoms with van der Waals surface area (Å²) in [6, 6.07) is 43.9. The second kappa shape index (κ2) is 15.3. The van der Waals surface area contributed by atoms with Crippen molar-refractivity contribution in [3.8, 4) is 33.4 Å². The topological polar surface area (TPSA) is 0 Å². The molecule has 1 unspecified atom stereocenters. The number of rotatable bonds is 7. The number of fused-ring (bicyclic) bond motifs is 3. The third-order valence-corrected chi connectivity index (χ3v) is 13.8. The van der Waals surface area contributed by atoms with Crippen LogP contribution in [0.25, 0.3) is 56.0 Å². The van der Waals surface area contributed by atoms with Gasteiger partial charge in [-0.3, -0.25) is 0 Å². The zero-order valence-corrected chi connectivity index (χ0v) is 31.0. The molecule has 0 aliphatic heterocycles. The highest BCUT2D eigenvalue weighted by atomic mass is 32.3. The molecule has 53 heavy (non-hydrogen) atoms. The van der Waals surface area contributed by atoms with E-state index in [0.717, 1.165) is 39.8 Å². The Morgan fingerprint density at radius 1 is 0.736 bits per heavy atom. The Hall–Kier alpha value is -6.03. The molecule has 0 saturated carbocycles. The minimum Gasteiger partial charge on any atom is -0.120 e. The van der Waals surface area contributed by atoms with E-state index in [2.05, 4.69) is 187 Å². The third kappa shape index (κ3) is 6.50. The van der Waals surface area contributed by atoms with Gasteiger partial charge in [0.25, 0.3) is 0 Å². The molecule has 1 atom stereocenters. The smallest absolute Gasteiger partial charge is 0.0411 e. The van der Waals surface area contributed by atoms with Crippen molar-refractivity contribution >= 4 is 43.7 Å². The molecule has 0 radical (unpaired) electrons. The summed E-state index contributed by atoms with van der Waals surface area (Å²) in [5.41, 5.74) is 11.6. The molecule has 0 saturated heterocycles. The molecular weight excluding hydrogens is 657 g/mol. The Bertz CT molecular complexity index is 2600. The first-order valence-electron chi connectivity index (χ1n) is 18.5. The maximum atomic E-state index is 4.76. The van der Waals surface area contributed by atoms with E-state index in [1.54, 1.807) is 0 Å². The molecule has 2 aliphatic carbocycles. The second-order valence-electron chi connectivity index (χ2n) is 13.5. The predicted octanol–water partition coefficient (Wildman–Crippen LogP) is 14.8. The third-order valence-electron chi connectivity index (χ3n) is 10.3. The first-order valence-corrected chi connectivity index (χ1v) is 20.2. The summed E-state index contributed by atoms with van der Waals surface area (Å²) in [7, 11) is -1.92. The lowest BCUT2D eigenvalue weighted by molar-refractivity contribution is 0.722. The predicted molar refractivity (Wildman–Crippen MR) is 233 cm³/mol. The van der Waals surface area contributed by atoms with Crippen LogP contribution in [0.15, 0.2) is 191 Å². The van der Waals surface area contributed by atoms with Gasteiger partial charge in [0.2, 0.25) is 0 Å². The zero-order chi connectivity index (χ0) is 36.0. The van der Waals surface area contributed by atoms with Crippen LogP contribution >= 0.6 is 10.0 Å². The van der Waals surface area contributed by atoms with Crippen molar-refractivity contribution in [3.63, 3.8) is 0 Å². The lowest BCUT2D eigenvalue weighted by Gasteiger charge is -2.40. The van der Waals surface area contributed by atoms with Crippen LogP contribution in [0.5, 0.6) is 0 Å². The maximum Gasteiger partial charge on any atom is 0.0411 e. The Balaban J connectivity index is 1.35. The maximum absolute atomic E-state index is 4.76. The fourth-order valence-corrected chi connectivity index (χ4v) is 11.0. The molecule has 8 rings (SSSR count). The van der Waals surface area contributed by atoms with Gasteiger partial charge in [-0.05, 0) is 128 Å². The minimum absolute atomic E-state index is 1.04. The molecule has 0 fully saturated rings. The van der Waals surface area contributed by atoms with Gasteiger partial charge >= 0.3 is 0 Å². The molecule has 6 aromatic rings. The largest absolute Gasteiger partial charge is 0.120 e. The zero-order valence-electron chi connectivity index (χ0n) is 30.2. The van der Waals surface area contributed by atoms with E-state index < -0.39 is 10.0 Å². The van der Waals surface area contributed by atoms with Gasteiger partial charge in [-0.2, -0.15) is 0 Å². The average molecular weight is 699 g/mol. The minimum atomic E-state index is -1.92.